The van der Waals surface area contributed by atoms with E-state index in [0.717, 1.165) is 18.5 Å². The fraction of sp³-hybridized carbons (Fsp3) is 0.500. The van der Waals surface area contributed by atoms with Crippen molar-refractivity contribution in [1.29, 1.82) is 0 Å². The topological polar surface area (TPSA) is 86.1 Å². The highest BCUT2D eigenvalue weighted by molar-refractivity contribution is 6.02. The largest absolute Gasteiger partial charge is 0.493 e. The van der Waals surface area contributed by atoms with E-state index in [0.29, 0.717) is 54.2 Å². The number of hydrogen-bond donors (Lipinski definition) is 1. The van der Waals surface area contributed by atoms with Crippen LogP contribution in [0.5, 0.6) is 17.2 Å². The Morgan fingerprint density at radius 1 is 0.925 bits per heavy atom. The second-order valence-electron chi connectivity index (χ2n) is 10.6. The zero-order valence-corrected chi connectivity index (χ0v) is 24.0. The number of benzene rings is 2. The molecule has 1 unspecified atom stereocenters. The monoisotopic (exact) mass is 547 g/mol. The standard InChI is InChI=1S/C32H41N3O5/c1-4-37-28-20-30(39-6-3)29(38-5-2)18-26(28)27-19-31(40-34-27)32(36)33-25-13-12-23-16-22(10-11-24(23)17-25)21-35-14-8-7-9-15-35/h12-13,17-20,22H,4-11,14-16,21H2,1-3H3,(H,33,36). The van der Waals surface area contributed by atoms with Crippen molar-refractivity contribution in [2.75, 3.05) is 44.8 Å². The van der Waals surface area contributed by atoms with Crippen molar-refractivity contribution in [2.24, 2.45) is 5.92 Å². The maximum atomic E-state index is 13.1. The molecule has 8 heteroatoms. The molecule has 1 saturated heterocycles. The van der Waals surface area contributed by atoms with Crippen LogP contribution in [0.15, 0.2) is 40.9 Å². The lowest BCUT2D eigenvalue weighted by Gasteiger charge is -2.33. The Labute approximate surface area is 237 Å². The predicted molar refractivity (Wildman–Crippen MR) is 156 cm³/mol. The minimum absolute atomic E-state index is 0.128. The van der Waals surface area contributed by atoms with Gasteiger partial charge in [-0.05, 0) is 101 Å². The Hall–Kier alpha value is -3.52. The summed E-state index contributed by atoms with van der Waals surface area (Å²) in [5.74, 6) is 2.27. The molecule has 1 aliphatic carbocycles. The van der Waals surface area contributed by atoms with Crippen molar-refractivity contribution in [2.45, 2.75) is 59.3 Å². The molecule has 1 atom stereocenters. The Balaban J connectivity index is 1.27. The maximum absolute atomic E-state index is 13.1. The Kier molecular flexibility index (Phi) is 9.26. The van der Waals surface area contributed by atoms with Crippen molar-refractivity contribution in [1.82, 2.24) is 10.1 Å². The van der Waals surface area contributed by atoms with E-state index in [1.807, 2.05) is 32.9 Å². The van der Waals surface area contributed by atoms with Gasteiger partial charge in [0.2, 0.25) is 5.76 Å². The van der Waals surface area contributed by atoms with Gasteiger partial charge >= 0.3 is 0 Å². The molecule has 40 heavy (non-hydrogen) atoms. The first-order valence-electron chi connectivity index (χ1n) is 14.8. The summed E-state index contributed by atoms with van der Waals surface area (Å²) in [5, 5.41) is 7.17. The summed E-state index contributed by atoms with van der Waals surface area (Å²) in [7, 11) is 0. The van der Waals surface area contributed by atoms with Crippen molar-refractivity contribution in [3.8, 4) is 28.5 Å². The number of carbonyl (C=O) groups is 1. The van der Waals surface area contributed by atoms with Gasteiger partial charge in [0.1, 0.15) is 11.4 Å². The number of hydrogen-bond acceptors (Lipinski definition) is 7. The lowest BCUT2D eigenvalue weighted by atomic mass is 9.83. The van der Waals surface area contributed by atoms with Crippen LogP contribution in [-0.4, -0.2) is 55.4 Å². The van der Waals surface area contributed by atoms with E-state index in [-0.39, 0.29) is 11.7 Å². The molecule has 214 valence electrons. The Morgan fingerprint density at radius 2 is 1.65 bits per heavy atom. The minimum Gasteiger partial charge on any atom is -0.493 e. The summed E-state index contributed by atoms with van der Waals surface area (Å²) in [6.45, 7) is 10.9. The van der Waals surface area contributed by atoms with Gasteiger partial charge in [0.15, 0.2) is 11.5 Å². The summed E-state index contributed by atoms with van der Waals surface area (Å²) >= 11 is 0. The van der Waals surface area contributed by atoms with Crippen LogP contribution in [0.2, 0.25) is 0 Å². The number of amides is 1. The van der Waals surface area contributed by atoms with Crippen LogP contribution < -0.4 is 19.5 Å². The van der Waals surface area contributed by atoms with Crippen LogP contribution in [0, 0.1) is 5.92 Å². The van der Waals surface area contributed by atoms with Crippen LogP contribution in [0.4, 0.5) is 5.69 Å². The predicted octanol–water partition coefficient (Wildman–Crippen LogP) is 6.38. The number of fused-ring (bicyclic) bond motifs is 1. The molecule has 1 amide bonds. The fourth-order valence-corrected chi connectivity index (χ4v) is 5.83. The molecule has 0 spiro atoms. The van der Waals surface area contributed by atoms with Gasteiger partial charge < -0.3 is 29.0 Å². The first-order valence-corrected chi connectivity index (χ1v) is 14.8. The van der Waals surface area contributed by atoms with Crippen LogP contribution in [0.25, 0.3) is 11.3 Å². The highest BCUT2D eigenvalue weighted by atomic mass is 16.5. The average molecular weight is 548 g/mol. The second kappa shape index (κ2) is 13.2. The SMILES string of the molecule is CCOc1cc(OCC)c(-c2cc(C(=O)Nc3ccc4c(c3)CCC(CN3CCCCC3)C4)on2)cc1OCC. The van der Waals surface area contributed by atoms with Crippen molar-refractivity contribution >= 4 is 11.6 Å². The fourth-order valence-electron chi connectivity index (χ4n) is 5.83. The van der Waals surface area contributed by atoms with Crippen molar-refractivity contribution < 1.29 is 23.5 Å². The van der Waals surface area contributed by atoms with E-state index in [1.165, 1.54) is 56.4 Å². The minimum atomic E-state index is -0.341. The second-order valence-corrected chi connectivity index (χ2v) is 10.6. The number of aromatic nitrogens is 1. The number of nitrogens with zero attached hydrogens (tertiary/aromatic N) is 2. The maximum Gasteiger partial charge on any atom is 0.294 e. The summed E-state index contributed by atoms with van der Waals surface area (Å²) in [5.41, 5.74) is 4.65. The molecule has 2 heterocycles. The molecular formula is C32H41N3O5. The smallest absolute Gasteiger partial charge is 0.294 e. The van der Waals surface area contributed by atoms with Gasteiger partial charge in [-0.2, -0.15) is 0 Å². The van der Waals surface area contributed by atoms with Gasteiger partial charge in [-0.25, -0.2) is 0 Å². The van der Waals surface area contributed by atoms with E-state index >= 15 is 0 Å². The van der Waals surface area contributed by atoms with Crippen molar-refractivity contribution in [3.63, 3.8) is 0 Å². The number of aryl methyl sites for hydroxylation is 1. The zero-order valence-electron chi connectivity index (χ0n) is 24.0. The van der Waals surface area contributed by atoms with Gasteiger partial charge in [-0.3, -0.25) is 4.79 Å². The third-order valence-corrected chi connectivity index (χ3v) is 7.72. The van der Waals surface area contributed by atoms with E-state index in [9.17, 15) is 4.79 Å². The number of anilines is 1. The summed E-state index contributed by atoms with van der Waals surface area (Å²) in [6.07, 6.45) is 7.39. The van der Waals surface area contributed by atoms with Crippen LogP contribution in [0.1, 0.15) is 68.1 Å². The van der Waals surface area contributed by atoms with Gasteiger partial charge in [-0.1, -0.05) is 17.6 Å². The molecule has 1 fully saturated rings. The Morgan fingerprint density at radius 3 is 2.40 bits per heavy atom. The summed E-state index contributed by atoms with van der Waals surface area (Å²) in [6, 6.07) is 11.5. The zero-order chi connectivity index (χ0) is 27.9. The highest BCUT2D eigenvalue weighted by Crippen LogP contribution is 2.40. The van der Waals surface area contributed by atoms with E-state index in [1.54, 1.807) is 12.1 Å². The number of rotatable bonds is 11. The molecule has 5 rings (SSSR count). The van der Waals surface area contributed by atoms with E-state index in [4.69, 9.17) is 18.7 Å². The lowest BCUT2D eigenvalue weighted by Crippen LogP contribution is -2.36. The Bertz CT molecular complexity index is 1300. The number of piperidine rings is 1. The number of likely N-dealkylation sites (tertiary alicyclic amines) is 1. The number of carbonyl (C=O) groups excluding carboxylic acids is 1. The molecule has 1 aliphatic heterocycles. The van der Waals surface area contributed by atoms with Crippen LogP contribution >= 0.6 is 0 Å². The third kappa shape index (κ3) is 6.61. The van der Waals surface area contributed by atoms with Gasteiger partial charge in [-0.15, -0.1) is 0 Å². The average Bonchev–Trinajstić information content (AvgIpc) is 3.46. The molecule has 0 bridgehead atoms. The first kappa shape index (κ1) is 28.0. The van der Waals surface area contributed by atoms with Gasteiger partial charge in [0.25, 0.3) is 5.91 Å². The lowest BCUT2D eigenvalue weighted by molar-refractivity contribution is 0.0988. The van der Waals surface area contributed by atoms with E-state index in [2.05, 4.69) is 27.5 Å². The number of ether oxygens (including phenoxy) is 3. The molecule has 3 aromatic rings. The van der Waals surface area contributed by atoms with Gasteiger partial charge in [0.05, 0.1) is 19.8 Å². The molecule has 1 N–H and O–H groups in total. The number of nitrogens with one attached hydrogen (secondary N) is 1. The van der Waals surface area contributed by atoms with E-state index < -0.39 is 0 Å². The molecule has 0 radical (unpaired) electrons. The molecule has 2 aliphatic rings. The van der Waals surface area contributed by atoms with Crippen LogP contribution in [-0.2, 0) is 12.8 Å². The van der Waals surface area contributed by atoms with Crippen molar-refractivity contribution in [3.05, 3.63) is 53.3 Å². The quantitative estimate of drug-likeness (QED) is 0.298. The molecular weight excluding hydrogens is 506 g/mol. The van der Waals surface area contributed by atoms with Crippen LogP contribution in [0.3, 0.4) is 0 Å². The summed E-state index contributed by atoms with van der Waals surface area (Å²) < 4.78 is 22.9. The normalized spacial score (nSPS) is 17.2. The molecule has 0 saturated carbocycles. The molecule has 2 aromatic carbocycles. The van der Waals surface area contributed by atoms with Gasteiger partial charge in [0, 0.05) is 29.9 Å². The summed E-state index contributed by atoms with van der Waals surface area (Å²) in [4.78, 5) is 15.7. The third-order valence-electron chi connectivity index (χ3n) is 7.72. The highest BCUT2D eigenvalue weighted by Gasteiger charge is 2.24. The first-order chi connectivity index (χ1) is 19.6. The molecule has 8 nitrogen and oxygen atoms in total. The molecule has 1 aromatic heterocycles.